The van der Waals surface area contributed by atoms with Crippen LogP contribution in [0.5, 0.6) is 0 Å². The van der Waals surface area contributed by atoms with Gasteiger partial charge in [0, 0.05) is 11.9 Å². The molecule has 2 N–H and O–H groups in total. The maximum absolute atomic E-state index is 12.4. The van der Waals surface area contributed by atoms with Crippen LogP contribution in [0.4, 0.5) is 0 Å². The minimum absolute atomic E-state index is 0.173. The van der Waals surface area contributed by atoms with E-state index < -0.39 is 5.54 Å². The maximum atomic E-state index is 12.4. The molecule has 1 aliphatic heterocycles. The Morgan fingerprint density at radius 1 is 1.14 bits per heavy atom. The number of hydrogen-bond donors (Lipinski definition) is 2. The number of hydrogen-bond acceptors (Lipinski definition) is 6. The molecule has 9 nitrogen and oxygen atoms in total. The number of pyridine rings is 1. The average Bonchev–Trinajstić information content (AvgIpc) is 3.44. The van der Waals surface area contributed by atoms with Crippen molar-refractivity contribution in [2.24, 2.45) is 4.99 Å². The largest absolute Gasteiger partial charge is 0.327 e. The van der Waals surface area contributed by atoms with Gasteiger partial charge in [-0.1, -0.05) is 29.5 Å². The number of nitrogens with one attached hydrogen (secondary N) is 2. The number of aromatic amines is 2. The normalized spacial score (nSPS) is 18.5. The maximum Gasteiger partial charge on any atom is 0.327 e. The second kappa shape index (κ2) is 6.33. The Kier molecular flexibility index (Phi) is 3.76. The summed E-state index contributed by atoms with van der Waals surface area (Å²) in [5.74, 6) is 0.492. The van der Waals surface area contributed by atoms with Crippen LogP contribution < -0.4 is 5.69 Å². The second-order valence-corrected chi connectivity index (χ2v) is 7.13. The number of aliphatic imine (C=N–C) groups is 1. The van der Waals surface area contributed by atoms with E-state index in [2.05, 4.69) is 30.6 Å². The first-order valence-electron chi connectivity index (χ1n) is 9.20. The molecule has 0 saturated carbocycles. The molecule has 1 atom stereocenters. The number of tetrazole rings is 1. The minimum atomic E-state index is -0.786. The van der Waals surface area contributed by atoms with E-state index in [9.17, 15) is 4.79 Å². The van der Waals surface area contributed by atoms with E-state index in [0.29, 0.717) is 18.0 Å². The lowest BCUT2D eigenvalue weighted by Crippen LogP contribution is -2.23. The van der Waals surface area contributed by atoms with Crippen LogP contribution in [-0.4, -0.2) is 40.9 Å². The van der Waals surface area contributed by atoms with E-state index in [1.165, 1.54) is 0 Å². The first-order chi connectivity index (χ1) is 14.1. The van der Waals surface area contributed by atoms with E-state index in [-0.39, 0.29) is 5.69 Å². The number of aromatic nitrogens is 7. The van der Waals surface area contributed by atoms with E-state index in [4.69, 9.17) is 4.99 Å². The Labute approximate surface area is 165 Å². The van der Waals surface area contributed by atoms with Crippen molar-refractivity contribution in [3.63, 3.8) is 0 Å². The lowest BCUT2D eigenvalue weighted by molar-refractivity contribution is 0.640. The van der Waals surface area contributed by atoms with Gasteiger partial charge in [0.2, 0.25) is 5.82 Å². The molecule has 29 heavy (non-hydrogen) atoms. The van der Waals surface area contributed by atoms with Gasteiger partial charge in [-0.2, -0.15) is 5.21 Å². The lowest BCUT2D eigenvalue weighted by atomic mass is 9.89. The summed E-state index contributed by atoms with van der Waals surface area (Å²) >= 11 is 0. The van der Waals surface area contributed by atoms with Gasteiger partial charge in [0.05, 0.1) is 12.1 Å². The Morgan fingerprint density at radius 3 is 2.66 bits per heavy atom. The summed E-state index contributed by atoms with van der Waals surface area (Å²) in [7, 11) is 0. The zero-order valence-corrected chi connectivity index (χ0v) is 15.9. The highest BCUT2D eigenvalue weighted by atomic mass is 16.1. The van der Waals surface area contributed by atoms with Crippen molar-refractivity contribution in [2.45, 2.75) is 25.9 Å². The third-order valence-electron chi connectivity index (χ3n) is 5.21. The summed E-state index contributed by atoms with van der Waals surface area (Å²) < 4.78 is 1.64. The molecule has 4 aromatic rings. The monoisotopic (exact) mass is 386 g/mol. The molecule has 144 valence electrons. The molecular weight excluding hydrogens is 368 g/mol. The van der Waals surface area contributed by atoms with Crippen molar-refractivity contribution in [1.29, 1.82) is 0 Å². The molecule has 0 saturated heterocycles. The number of imidazole rings is 1. The van der Waals surface area contributed by atoms with Gasteiger partial charge in [-0.3, -0.25) is 9.56 Å². The highest BCUT2D eigenvalue weighted by Crippen LogP contribution is 2.36. The smallest absolute Gasteiger partial charge is 0.304 e. The summed E-state index contributed by atoms with van der Waals surface area (Å²) in [6.45, 7) is 4.31. The standard InChI is InChI=1S/C20H18N8O/c1-12-8-10-21-17-16(12)22-19(29)28(17)11-14-3-5-15(6-4-14)20(9-7-13(2)23-20)18-24-26-27-25-18/h3-10H,11H2,1-2H3,(H,22,29)(H,24,25,26,27). The van der Waals surface area contributed by atoms with Gasteiger partial charge in [-0.05, 0) is 48.8 Å². The molecule has 3 aromatic heterocycles. The van der Waals surface area contributed by atoms with Crippen molar-refractivity contribution >= 4 is 16.9 Å². The first kappa shape index (κ1) is 17.2. The SMILES string of the molecule is CC1=NC(c2ccc(Cn3c(=O)[nH]c4c(C)ccnc43)cc2)(c2nn[nH]n2)C=C1. The highest BCUT2D eigenvalue weighted by Gasteiger charge is 2.38. The Bertz CT molecular complexity index is 1310. The number of benzene rings is 1. The van der Waals surface area contributed by atoms with Crippen molar-refractivity contribution in [3.8, 4) is 0 Å². The van der Waals surface area contributed by atoms with Crippen LogP contribution in [0.1, 0.15) is 29.4 Å². The number of allylic oxidation sites excluding steroid dienone is 1. The third kappa shape index (κ3) is 2.70. The van der Waals surface area contributed by atoms with Crippen LogP contribution in [0, 0.1) is 6.92 Å². The predicted octanol–water partition coefficient (Wildman–Crippen LogP) is 1.87. The van der Waals surface area contributed by atoms with Gasteiger partial charge in [0.25, 0.3) is 0 Å². The van der Waals surface area contributed by atoms with Crippen LogP contribution in [0.2, 0.25) is 0 Å². The molecule has 1 aromatic carbocycles. The molecule has 0 radical (unpaired) electrons. The molecule has 1 aliphatic rings. The number of aryl methyl sites for hydroxylation is 1. The molecule has 9 heteroatoms. The Balaban J connectivity index is 1.52. The van der Waals surface area contributed by atoms with Gasteiger partial charge in [-0.25, -0.2) is 9.78 Å². The van der Waals surface area contributed by atoms with E-state index >= 15 is 0 Å². The van der Waals surface area contributed by atoms with Gasteiger partial charge >= 0.3 is 5.69 Å². The van der Waals surface area contributed by atoms with Crippen molar-refractivity contribution < 1.29 is 0 Å². The van der Waals surface area contributed by atoms with Crippen molar-refractivity contribution in [2.75, 3.05) is 0 Å². The predicted molar refractivity (Wildman–Crippen MR) is 108 cm³/mol. The molecule has 1 unspecified atom stereocenters. The zero-order chi connectivity index (χ0) is 20.0. The molecule has 0 amide bonds. The molecule has 4 heterocycles. The summed E-state index contributed by atoms with van der Waals surface area (Å²) in [4.78, 5) is 24.4. The summed E-state index contributed by atoms with van der Waals surface area (Å²) in [5.41, 5.74) is 4.25. The molecule has 0 bridgehead atoms. The van der Waals surface area contributed by atoms with Crippen LogP contribution >= 0.6 is 0 Å². The Morgan fingerprint density at radius 2 is 1.97 bits per heavy atom. The van der Waals surface area contributed by atoms with Gasteiger partial charge in [-0.15, -0.1) is 10.2 Å². The van der Waals surface area contributed by atoms with Crippen LogP contribution in [0.3, 0.4) is 0 Å². The second-order valence-electron chi connectivity index (χ2n) is 7.13. The van der Waals surface area contributed by atoms with E-state index in [1.807, 2.05) is 56.3 Å². The summed E-state index contributed by atoms with van der Waals surface area (Å²) in [6.07, 6.45) is 5.63. The summed E-state index contributed by atoms with van der Waals surface area (Å²) in [6, 6.07) is 9.81. The van der Waals surface area contributed by atoms with Crippen molar-refractivity contribution in [3.05, 3.63) is 81.7 Å². The quantitative estimate of drug-likeness (QED) is 0.555. The fourth-order valence-corrected chi connectivity index (χ4v) is 3.70. The van der Waals surface area contributed by atoms with Crippen LogP contribution in [0.25, 0.3) is 11.2 Å². The fraction of sp³-hybridized carbons (Fsp3) is 0.200. The summed E-state index contributed by atoms with van der Waals surface area (Å²) in [5, 5.41) is 14.5. The number of fused-ring (bicyclic) bond motifs is 1. The van der Waals surface area contributed by atoms with Crippen LogP contribution in [-0.2, 0) is 12.1 Å². The molecule has 5 rings (SSSR count). The molecule has 0 aliphatic carbocycles. The van der Waals surface area contributed by atoms with Gasteiger partial charge in [0.1, 0.15) is 0 Å². The van der Waals surface area contributed by atoms with Gasteiger partial charge in [0.15, 0.2) is 11.2 Å². The Hall–Kier alpha value is -3.88. The molecule has 0 spiro atoms. The zero-order valence-electron chi connectivity index (χ0n) is 15.9. The fourth-order valence-electron chi connectivity index (χ4n) is 3.70. The van der Waals surface area contributed by atoms with Gasteiger partial charge < -0.3 is 4.98 Å². The highest BCUT2D eigenvalue weighted by molar-refractivity contribution is 5.96. The van der Waals surface area contributed by atoms with E-state index in [0.717, 1.165) is 27.9 Å². The first-order valence-corrected chi connectivity index (χ1v) is 9.20. The number of H-pyrrole nitrogens is 2. The molecular formula is C20H18N8O. The number of nitrogens with zero attached hydrogens (tertiary/aromatic N) is 6. The minimum Gasteiger partial charge on any atom is -0.304 e. The average molecular weight is 386 g/mol. The van der Waals surface area contributed by atoms with Crippen molar-refractivity contribution in [1.82, 2.24) is 35.2 Å². The topological polar surface area (TPSA) is 118 Å². The van der Waals surface area contributed by atoms with Crippen LogP contribution in [0.15, 0.2) is 58.5 Å². The lowest BCUT2D eigenvalue weighted by Gasteiger charge is -2.21. The third-order valence-corrected chi connectivity index (χ3v) is 5.21. The van der Waals surface area contributed by atoms with E-state index in [1.54, 1.807) is 10.8 Å². The number of rotatable bonds is 4. The molecule has 0 fully saturated rings.